The summed E-state index contributed by atoms with van der Waals surface area (Å²) in [6.45, 7) is 2.50. The first-order chi connectivity index (χ1) is 10.1. The Hall–Kier alpha value is -1.89. The average Bonchev–Trinajstić information content (AvgIpc) is 2.90. The number of nitro groups is 1. The van der Waals surface area contributed by atoms with Gasteiger partial charge in [0.15, 0.2) is 11.6 Å². The molecule has 0 radical (unpaired) electrons. The zero-order valence-corrected chi connectivity index (χ0v) is 11.8. The van der Waals surface area contributed by atoms with E-state index < -0.39 is 10.7 Å². The minimum Gasteiger partial charge on any atom is -0.490 e. The van der Waals surface area contributed by atoms with E-state index in [-0.39, 0.29) is 11.4 Å². The lowest BCUT2D eigenvalue weighted by molar-refractivity contribution is -0.385. The van der Waals surface area contributed by atoms with Crippen LogP contribution in [0.25, 0.3) is 0 Å². The fourth-order valence-electron chi connectivity index (χ4n) is 3.32. The monoisotopic (exact) mass is 295 g/mol. The van der Waals surface area contributed by atoms with E-state index in [2.05, 4.69) is 5.32 Å². The van der Waals surface area contributed by atoms with Crippen molar-refractivity contribution in [3.63, 3.8) is 0 Å². The topological polar surface area (TPSA) is 67.6 Å². The standard InChI is InChI=1S/C14H18FN3O3/c1-21-14-6-12(10(15)5-13(14)18(19)20)17-7-9-3-2-4-16-11(9)8-17/h5-6,9,11,16H,2-4,7-8H2,1H3/t9-,11+/m0/s1. The molecule has 6 nitrogen and oxygen atoms in total. The molecular formula is C14H18FN3O3. The van der Waals surface area contributed by atoms with Crippen LogP contribution in [0.2, 0.25) is 0 Å². The first-order valence-corrected chi connectivity index (χ1v) is 7.10. The Morgan fingerprint density at radius 1 is 1.48 bits per heavy atom. The van der Waals surface area contributed by atoms with Crippen molar-refractivity contribution in [2.24, 2.45) is 5.92 Å². The highest BCUT2D eigenvalue weighted by molar-refractivity contribution is 5.61. The van der Waals surface area contributed by atoms with Crippen LogP contribution >= 0.6 is 0 Å². The Labute approximate surface area is 122 Å². The number of hydrogen-bond donors (Lipinski definition) is 1. The van der Waals surface area contributed by atoms with Gasteiger partial charge in [-0.1, -0.05) is 0 Å². The molecule has 21 heavy (non-hydrogen) atoms. The molecule has 0 aromatic heterocycles. The Kier molecular flexibility index (Phi) is 3.67. The van der Waals surface area contributed by atoms with Gasteiger partial charge in [0.1, 0.15) is 0 Å². The van der Waals surface area contributed by atoms with E-state index in [0.29, 0.717) is 17.6 Å². The van der Waals surface area contributed by atoms with Crippen molar-refractivity contribution in [1.29, 1.82) is 0 Å². The van der Waals surface area contributed by atoms with Crippen molar-refractivity contribution in [1.82, 2.24) is 5.32 Å². The van der Waals surface area contributed by atoms with Crippen LogP contribution in [0.4, 0.5) is 15.8 Å². The van der Waals surface area contributed by atoms with E-state index in [1.165, 1.54) is 13.2 Å². The Bertz CT molecular complexity index is 553. The number of rotatable bonds is 3. The van der Waals surface area contributed by atoms with Gasteiger partial charge >= 0.3 is 5.69 Å². The number of nitrogens with one attached hydrogen (secondary N) is 1. The molecule has 2 heterocycles. The molecule has 0 aliphatic carbocycles. The molecule has 0 saturated carbocycles. The molecule has 2 fully saturated rings. The predicted molar refractivity (Wildman–Crippen MR) is 76.3 cm³/mol. The van der Waals surface area contributed by atoms with Crippen LogP contribution in [0.3, 0.4) is 0 Å². The smallest absolute Gasteiger partial charge is 0.313 e. The summed E-state index contributed by atoms with van der Waals surface area (Å²) in [5, 5.41) is 14.4. The molecule has 0 spiro atoms. The number of halogens is 1. The third-order valence-electron chi connectivity index (χ3n) is 4.38. The molecule has 2 aliphatic heterocycles. The van der Waals surface area contributed by atoms with E-state index in [9.17, 15) is 14.5 Å². The van der Waals surface area contributed by atoms with Gasteiger partial charge in [0.25, 0.3) is 0 Å². The van der Waals surface area contributed by atoms with Gasteiger partial charge in [-0.05, 0) is 25.3 Å². The number of methoxy groups -OCH3 is 1. The molecule has 114 valence electrons. The van der Waals surface area contributed by atoms with Crippen LogP contribution in [0.1, 0.15) is 12.8 Å². The second kappa shape index (κ2) is 5.48. The summed E-state index contributed by atoms with van der Waals surface area (Å²) in [5.74, 6) is 0.0414. The van der Waals surface area contributed by atoms with Crippen molar-refractivity contribution < 1.29 is 14.1 Å². The van der Waals surface area contributed by atoms with Gasteiger partial charge in [0.2, 0.25) is 0 Å². The molecule has 2 aliphatic rings. The Morgan fingerprint density at radius 2 is 2.29 bits per heavy atom. The van der Waals surface area contributed by atoms with Crippen molar-refractivity contribution in [3.05, 3.63) is 28.1 Å². The number of anilines is 1. The highest BCUT2D eigenvalue weighted by Gasteiger charge is 2.36. The van der Waals surface area contributed by atoms with Crippen LogP contribution in [0, 0.1) is 21.8 Å². The number of nitrogens with zero attached hydrogens (tertiary/aromatic N) is 2. The van der Waals surface area contributed by atoms with Crippen LogP contribution in [0.15, 0.2) is 12.1 Å². The molecule has 1 aromatic rings. The van der Waals surface area contributed by atoms with Gasteiger partial charge in [0, 0.05) is 25.2 Å². The van der Waals surface area contributed by atoms with E-state index in [4.69, 9.17) is 4.74 Å². The molecule has 7 heteroatoms. The Morgan fingerprint density at radius 3 is 2.95 bits per heavy atom. The zero-order valence-electron chi connectivity index (χ0n) is 11.8. The van der Waals surface area contributed by atoms with Gasteiger partial charge in [-0.2, -0.15) is 0 Å². The summed E-state index contributed by atoms with van der Waals surface area (Å²) in [6.07, 6.45) is 2.28. The van der Waals surface area contributed by atoms with Gasteiger partial charge in [0.05, 0.1) is 23.8 Å². The summed E-state index contributed by atoms with van der Waals surface area (Å²) in [5.41, 5.74) is 0.0436. The lowest BCUT2D eigenvalue weighted by Gasteiger charge is -2.24. The fraction of sp³-hybridized carbons (Fsp3) is 0.571. The number of benzene rings is 1. The molecule has 3 rings (SSSR count). The van der Waals surface area contributed by atoms with Gasteiger partial charge < -0.3 is 15.0 Å². The molecule has 2 atom stereocenters. The highest BCUT2D eigenvalue weighted by Crippen LogP contribution is 2.37. The van der Waals surface area contributed by atoms with Crippen LogP contribution in [0.5, 0.6) is 5.75 Å². The largest absolute Gasteiger partial charge is 0.490 e. The molecule has 0 unspecified atom stereocenters. The number of piperidine rings is 1. The van der Waals surface area contributed by atoms with Crippen LogP contribution in [-0.4, -0.2) is 37.7 Å². The van der Waals surface area contributed by atoms with Crippen LogP contribution < -0.4 is 15.0 Å². The maximum absolute atomic E-state index is 14.2. The second-order valence-corrected chi connectivity index (χ2v) is 5.60. The first kappa shape index (κ1) is 14.1. The van der Waals surface area contributed by atoms with Gasteiger partial charge in [-0.15, -0.1) is 0 Å². The lowest BCUT2D eigenvalue weighted by atomic mass is 9.94. The predicted octanol–water partition coefficient (Wildman–Crippen LogP) is 1.93. The minimum absolute atomic E-state index is 0.0965. The average molecular weight is 295 g/mol. The van der Waals surface area contributed by atoms with Crippen LogP contribution in [-0.2, 0) is 0 Å². The normalized spacial score (nSPS) is 24.8. The molecule has 1 N–H and O–H groups in total. The molecular weight excluding hydrogens is 277 g/mol. The molecule has 0 bridgehead atoms. The Balaban J connectivity index is 1.90. The number of ether oxygens (including phenoxy) is 1. The van der Waals surface area contributed by atoms with Crippen molar-refractivity contribution in [3.8, 4) is 5.75 Å². The summed E-state index contributed by atoms with van der Waals surface area (Å²) in [4.78, 5) is 12.2. The summed E-state index contributed by atoms with van der Waals surface area (Å²) < 4.78 is 19.3. The summed E-state index contributed by atoms with van der Waals surface area (Å²) >= 11 is 0. The molecule has 1 aromatic carbocycles. The van der Waals surface area contributed by atoms with E-state index in [1.54, 1.807) is 0 Å². The fourth-order valence-corrected chi connectivity index (χ4v) is 3.32. The number of fused-ring (bicyclic) bond motifs is 1. The van der Waals surface area contributed by atoms with E-state index in [0.717, 1.165) is 38.5 Å². The van der Waals surface area contributed by atoms with E-state index >= 15 is 0 Å². The van der Waals surface area contributed by atoms with Gasteiger partial charge in [-0.25, -0.2) is 4.39 Å². The maximum Gasteiger partial charge on any atom is 0.313 e. The number of nitro benzene ring substituents is 1. The van der Waals surface area contributed by atoms with Crippen molar-refractivity contribution in [2.45, 2.75) is 18.9 Å². The highest BCUT2D eigenvalue weighted by atomic mass is 19.1. The summed E-state index contributed by atoms with van der Waals surface area (Å²) in [6, 6.07) is 2.76. The lowest BCUT2D eigenvalue weighted by Crippen LogP contribution is -2.40. The maximum atomic E-state index is 14.2. The quantitative estimate of drug-likeness (QED) is 0.681. The SMILES string of the molecule is COc1cc(N2C[C@@H]3CCCN[C@@H]3C2)c(F)cc1[N+](=O)[O-]. The van der Waals surface area contributed by atoms with Crippen molar-refractivity contribution >= 4 is 11.4 Å². The van der Waals surface area contributed by atoms with Gasteiger partial charge in [-0.3, -0.25) is 10.1 Å². The van der Waals surface area contributed by atoms with Crippen molar-refractivity contribution in [2.75, 3.05) is 31.6 Å². The number of hydrogen-bond acceptors (Lipinski definition) is 5. The second-order valence-electron chi connectivity index (χ2n) is 5.60. The van der Waals surface area contributed by atoms with E-state index in [1.807, 2.05) is 4.90 Å². The zero-order chi connectivity index (χ0) is 15.0. The minimum atomic E-state index is -0.628. The molecule has 0 amide bonds. The molecule has 2 saturated heterocycles. The summed E-state index contributed by atoms with van der Waals surface area (Å²) in [7, 11) is 1.36. The first-order valence-electron chi connectivity index (χ1n) is 7.10. The third kappa shape index (κ3) is 2.53. The third-order valence-corrected chi connectivity index (χ3v) is 4.38.